The van der Waals surface area contributed by atoms with Crippen LogP contribution in [0.1, 0.15) is 33.6 Å². The Labute approximate surface area is 145 Å². The molecule has 1 N–H and O–H groups in total. The number of hydrogen-bond donors (Lipinski definition) is 1. The van der Waals surface area contributed by atoms with Crippen LogP contribution in [0, 0.1) is 16.7 Å². The molecule has 0 bridgehead atoms. The highest BCUT2D eigenvalue weighted by Gasteiger charge is 2.43. The first-order valence-electron chi connectivity index (χ1n) is 7.45. The van der Waals surface area contributed by atoms with Gasteiger partial charge >= 0.3 is 6.09 Å². The number of nitrogens with one attached hydrogen (secondary N) is 1. The Morgan fingerprint density at radius 3 is 2.64 bits per heavy atom. The average molecular weight is 415 g/mol. The van der Waals surface area contributed by atoms with Crippen molar-refractivity contribution >= 4 is 28.7 Å². The maximum atomic E-state index is 12.1. The number of likely N-dealkylation sites (tertiary alicyclic amines) is 1. The summed E-state index contributed by atoms with van der Waals surface area (Å²) < 4.78 is 6.54. The van der Waals surface area contributed by atoms with Crippen LogP contribution in [0.4, 0.5) is 4.79 Å². The number of rotatable bonds is 1. The van der Waals surface area contributed by atoms with Crippen molar-refractivity contribution in [3.63, 3.8) is 0 Å². The number of nitriles is 1. The second kappa shape index (κ2) is 6.49. The summed E-state index contributed by atoms with van der Waals surface area (Å²) in [5.74, 6) is 0. The molecule has 0 aromatic heterocycles. The molecule has 120 valence electrons. The number of allylic oxidation sites excluding steroid dienone is 2. The van der Waals surface area contributed by atoms with Gasteiger partial charge < -0.3 is 15.0 Å². The smallest absolute Gasteiger partial charge is 0.410 e. The highest BCUT2D eigenvalue weighted by Crippen LogP contribution is 2.37. The molecule has 1 unspecified atom stereocenters. The molecular weight excluding hydrogens is 393 g/mol. The molecule has 0 aliphatic carbocycles. The predicted molar refractivity (Wildman–Crippen MR) is 93.3 cm³/mol. The topological polar surface area (TPSA) is 65.4 Å². The lowest BCUT2D eigenvalue weighted by Gasteiger charge is -2.41. The summed E-state index contributed by atoms with van der Waals surface area (Å²) in [6.07, 6.45) is 6.97. The van der Waals surface area contributed by atoms with Crippen molar-refractivity contribution in [2.75, 3.05) is 13.1 Å². The van der Waals surface area contributed by atoms with Crippen LogP contribution in [0.3, 0.4) is 0 Å². The number of piperidine rings is 1. The average Bonchev–Trinajstić information content (AvgIpc) is 2.45. The largest absolute Gasteiger partial charge is 0.444 e. The van der Waals surface area contributed by atoms with E-state index in [1.54, 1.807) is 4.90 Å². The fourth-order valence-corrected chi connectivity index (χ4v) is 3.26. The summed E-state index contributed by atoms with van der Waals surface area (Å²) in [5, 5.41) is 13.0. The summed E-state index contributed by atoms with van der Waals surface area (Å²) in [4.78, 5) is 13.8. The van der Waals surface area contributed by atoms with Crippen molar-refractivity contribution in [1.82, 2.24) is 10.2 Å². The van der Waals surface area contributed by atoms with E-state index in [0.29, 0.717) is 25.9 Å². The molecule has 0 spiro atoms. The lowest BCUT2D eigenvalue weighted by atomic mass is 9.73. The highest BCUT2D eigenvalue weighted by molar-refractivity contribution is 14.1. The van der Waals surface area contributed by atoms with Gasteiger partial charge in [0.15, 0.2) is 0 Å². The fraction of sp³-hybridized carbons (Fsp3) is 0.625. The Bertz CT molecular complexity index is 535. The minimum atomic E-state index is -0.491. The minimum Gasteiger partial charge on any atom is -0.444 e. The first-order valence-corrected chi connectivity index (χ1v) is 8.53. The van der Waals surface area contributed by atoms with Crippen LogP contribution in [-0.4, -0.2) is 35.7 Å². The molecule has 1 saturated heterocycles. The molecule has 1 fully saturated rings. The summed E-state index contributed by atoms with van der Waals surface area (Å²) >= 11 is 2.26. The zero-order valence-electron chi connectivity index (χ0n) is 13.2. The van der Waals surface area contributed by atoms with Crippen LogP contribution < -0.4 is 5.32 Å². The fourth-order valence-electron chi connectivity index (χ4n) is 2.72. The third kappa shape index (κ3) is 3.94. The summed E-state index contributed by atoms with van der Waals surface area (Å²) in [6, 6.07) is 2.49. The van der Waals surface area contributed by atoms with Gasteiger partial charge in [-0.05, 0) is 74.6 Å². The number of nitrogens with zero attached hydrogens (tertiary/aromatic N) is 2. The van der Waals surface area contributed by atoms with Crippen LogP contribution in [0.5, 0.6) is 0 Å². The molecule has 22 heavy (non-hydrogen) atoms. The third-order valence-electron chi connectivity index (χ3n) is 3.97. The monoisotopic (exact) mass is 415 g/mol. The summed E-state index contributed by atoms with van der Waals surface area (Å²) in [5.41, 5.74) is -0.963. The first-order chi connectivity index (χ1) is 10.3. The van der Waals surface area contributed by atoms with Crippen molar-refractivity contribution < 1.29 is 9.53 Å². The van der Waals surface area contributed by atoms with Crippen LogP contribution in [0.2, 0.25) is 0 Å². The van der Waals surface area contributed by atoms with Gasteiger partial charge in [-0.2, -0.15) is 5.26 Å². The van der Waals surface area contributed by atoms with Crippen LogP contribution in [0.25, 0.3) is 0 Å². The second-order valence-corrected chi connectivity index (χ2v) is 8.01. The zero-order valence-corrected chi connectivity index (χ0v) is 15.4. The number of dihydropyridines is 1. The van der Waals surface area contributed by atoms with Gasteiger partial charge in [0, 0.05) is 16.7 Å². The van der Waals surface area contributed by atoms with Crippen LogP contribution in [-0.2, 0) is 4.74 Å². The van der Waals surface area contributed by atoms with E-state index < -0.39 is 11.0 Å². The van der Waals surface area contributed by atoms with E-state index in [1.807, 2.05) is 33.0 Å². The van der Waals surface area contributed by atoms with Crippen molar-refractivity contribution in [2.45, 2.75) is 45.3 Å². The molecule has 2 rings (SSSR count). The molecule has 2 aliphatic heterocycles. The Balaban J connectivity index is 2.02. The molecule has 1 atom stereocenters. The van der Waals surface area contributed by atoms with E-state index in [4.69, 9.17) is 4.74 Å². The van der Waals surface area contributed by atoms with E-state index in [0.717, 1.165) is 3.58 Å². The molecule has 0 aromatic carbocycles. The van der Waals surface area contributed by atoms with E-state index in [-0.39, 0.29) is 12.1 Å². The van der Waals surface area contributed by atoms with E-state index in [9.17, 15) is 10.1 Å². The van der Waals surface area contributed by atoms with Gasteiger partial charge in [0.05, 0.1) is 17.5 Å². The maximum Gasteiger partial charge on any atom is 0.410 e. The number of ether oxygens (including phenoxy) is 1. The van der Waals surface area contributed by atoms with E-state index >= 15 is 0 Å². The van der Waals surface area contributed by atoms with Crippen LogP contribution in [0.15, 0.2) is 21.9 Å². The number of carbonyl (C=O) groups excluding carboxylic acids is 1. The van der Waals surface area contributed by atoms with Crippen LogP contribution >= 0.6 is 22.6 Å². The molecule has 0 aromatic rings. The van der Waals surface area contributed by atoms with Crippen molar-refractivity contribution in [3.05, 3.63) is 21.9 Å². The lowest BCUT2D eigenvalue weighted by molar-refractivity contribution is 0.0134. The molecule has 2 heterocycles. The van der Waals surface area contributed by atoms with Gasteiger partial charge in [0.25, 0.3) is 0 Å². The zero-order chi connectivity index (χ0) is 16.4. The Hall–Kier alpha value is -1.23. The Kier molecular flexibility index (Phi) is 5.05. The number of carbonyl (C=O) groups is 1. The lowest BCUT2D eigenvalue weighted by Crippen LogP contribution is -2.51. The first kappa shape index (κ1) is 17.1. The molecule has 5 nitrogen and oxygen atoms in total. The SMILES string of the molecule is CC(C)(C)OC(=O)N1CCC(C#N)(C2C=C(I)C=CN2)CC1. The molecule has 0 radical (unpaired) electrons. The van der Waals surface area contributed by atoms with Crippen molar-refractivity contribution in [3.8, 4) is 6.07 Å². The van der Waals surface area contributed by atoms with Gasteiger partial charge in [-0.15, -0.1) is 0 Å². The molecule has 0 saturated carbocycles. The quantitative estimate of drug-likeness (QED) is 0.668. The second-order valence-electron chi connectivity index (χ2n) is 6.76. The van der Waals surface area contributed by atoms with Gasteiger partial charge in [-0.1, -0.05) is 0 Å². The maximum absolute atomic E-state index is 12.1. The highest BCUT2D eigenvalue weighted by atomic mass is 127. The molecule has 1 amide bonds. The van der Waals surface area contributed by atoms with E-state index in [2.05, 4.69) is 40.1 Å². The normalized spacial score (nSPS) is 24.0. The summed E-state index contributed by atoms with van der Waals surface area (Å²) in [7, 11) is 0. The summed E-state index contributed by atoms with van der Waals surface area (Å²) in [6.45, 7) is 6.68. The minimum absolute atomic E-state index is 0.00446. The van der Waals surface area contributed by atoms with Crippen molar-refractivity contribution in [1.29, 1.82) is 5.26 Å². The third-order valence-corrected chi connectivity index (χ3v) is 4.69. The number of hydrogen-bond acceptors (Lipinski definition) is 4. The molecule has 6 heteroatoms. The van der Waals surface area contributed by atoms with E-state index in [1.165, 1.54) is 0 Å². The Morgan fingerprint density at radius 1 is 1.50 bits per heavy atom. The van der Waals surface area contributed by atoms with Gasteiger partial charge in [-0.3, -0.25) is 0 Å². The standard InChI is InChI=1S/C16H22IN3O2/c1-15(2,3)22-14(21)20-8-5-16(11-18,6-9-20)13-10-12(17)4-7-19-13/h4,7,10,13,19H,5-6,8-9H2,1-3H3. The Morgan fingerprint density at radius 2 is 2.14 bits per heavy atom. The van der Waals surface area contributed by atoms with Crippen molar-refractivity contribution in [2.24, 2.45) is 5.41 Å². The van der Waals surface area contributed by atoms with Gasteiger partial charge in [-0.25, -0.2) is 4.79 Å². The molecular formula is C16H22IN3O2. The molecule has 2 aliphatic rings. The predicted octanol–water partition coefficient (Wildman–Crippen LogP) is 3.33. The van der Waals surface area contributed by atoms with Gasteiger partial charge in [0.2, 0.25) is 0 Å². The number of amides is 1. The van der Waals surface area contributed by atoms with Gasteiger partial charge in [0.1, 0.15) is 5.60 Å². The number of halogens is 1.